The largest absolute Gasteiger partial charge is 0.317 e. The van der Waals surface area contributed by atoms with Crippen LogP contribution in [0.3, 0.4) is 0 Å². The van der Waals surface area contributed by atoms with Crippen molar-refractivity contribution in [3.63, 3.8) is 0 Å². The Morgan fingerprint density at radius 3 is 1.37 bits per heavy atom. The molecule has 0 bridgehead atoms. The summed E-state index contributed by atoms with van der Waals surface area (Å²) in [6.45, 7) is 12.8. The minimum Gasteiger partial charge on any atom is -0.317 e. The molecule has 0 amide bonds. The van der Waals surface area contributed by atoms with Crippen molar-refractivity contribution in [2.45, 2.75) is 26.7 Å². The van der Waals surface area contributed by atoms with Crippen molar-refractivity contribution >= 4 is 12.4 Å². The second-order valence-corrected chi connectivity index (χ2v) is 4.29. The third-order valence-electron chi connectivity index (χ3n) is 2.61. The van der Waals surface area contributed by atoms with Gasteiger partial charge in [-0.1, -0.05) is 26.0 Å². The van der Waals surface area contributed by atoms with E-state index in [-0.39, 0.29) is 12.4 Å². The van der Waals surface area contributed by atoms with Crippen LogP contribution in [0.5, 0.6) is 0 Å². The lowest BCUT2D eigenvalue weighted by Gasteiger charge is -2.03. The molecular weight excluding hydrogens is 260 g/mol. The van der Waals surface area contributed by atoms with Gasteiger partial charge in [0.15, 0.2) is 0 Å². The van der Waals surface area contributed by atoms with Crippen LogP contribution >= 0.6 is 12.4 Å². The van der Waals surface area contributed by atoms with Crippen molar-refractivity contribution in [1.29, 1.82) is 0 Å². The van der Waals surface area contributed by atoms with Crippen molar-refractivity contribution in [3.8, 4) is 0 Å². The van der Waals surface area contributed by atoms with Gasteiger partial charge in [-0.25, -0.2) is 0 Å². The lowest BCUT2D eigenvalue weighted by atomic mass is 10.4. The first-order valence-corrected chi connectivity index (χ1v) is 7.39. The number of halogens is 1. The minimum absolute atomic E-state index is 0. The maximum absolute atomic E-state index is 3.40. The monoisotopic (exact) mass is 292 g/mol. The van der Waals surface area contributed by atoms with E-state index in [9.17, 15) is 0 Å². The number of nitrogens with one attached hydrogen (secondary N) is 4. The molecule has 4 nitrogen and oxygen atoms in total. The van der Waals surface area contributed by atoms with E-state index in [1.54, 1.807) is 0 Å². The van der Waals surface area contributed by atoms with Crippen molar-refractivity contribution in [1.82, 2.24) is 21.3 Å². The highest BCUT2D eigenvalue weighted by atomic mass is 35.5. The summed E-state index contributed by atoms with van der Waals surface area (Å²) in [5, 5.41) is 13.4. The first kappa shape index (κ1) is 21.2. The van der Waals surface area contributed by atoms with Crippen LogP contribution < -0.4 is 21.3 Å². The number of rotatable bonds is 14. The van der Waals surface area contributed by atoms with Crippen molar-refractivity contribution in [2.24, 2.45) is 0 Å². The Kier molecular flexibility index (Phi) is 22.5. The molecule has 19 heavy (non-hydrogen) atoms. The standard InChI is InChI=1S/C14H32N4.ClH/c1-3-15-11-7-13-17-9-5-6-10-18-14-8-12-16-4-2;/h5-6,15-18H,3-4,7-14H2,1-2H3;1H/b6-5+;. The van der Waals surface area contributed by atoms with Crippen LogP contribution in [0.15, 0.2) is 12.2 Å². The molecule has 0 heterocycles. The Balaban J connectivity index is 0. The summed E-state index contributed by atoms with van der Waals surface area (Å²) in [6, 6.07) is 0. The van der Waals surface area contributed by atoms with Crippen LogP contribution in [0.2, 0.25) is 0 Å². The quantitative estimate of drug-likeness (QED) is 0.286. The van der Waals surface area contributed by atoms with Gasteiger partial charge in [0.05, 0.1) is 0 Å². The second-order valence-electron chi connectivity index (χ2n) is 4.29. The molecule has 0 fully saturated rings. The highest BCUT2D eigenvalue weighted by Gasteiger charge is 1.86. The lowest BCUT2D eigenvalue weighted by molar-refractivity contribution is 0.624. The van der Waals surface area contributed by atoms with E-state index in [1.165, 1.54) is 12.8 Å². The van der Waals surface area contributed by atoms with E-state index in [0.717, 1.165) is 52.4 Å². The normalized spacial score (nSPS) is 10.8. The molecule has 0 aliphatic heterocycles. The Bertz CT molecular complexity index is 159. The van der Waals surface area contributed by atoms with E-state index in [1.807, 2.05) is 0 Å². The van der Waals surface area contributed by atoms with E-state index in [2.05, 4.69) is 47.3 Å². The summed E-state index contributed by atoms with van der Waals surface area (Å²) < 4.78 is 0. The average molecular weight is 293 g/mol. The summed E-state index contributed by atoms with van der Waals surface area (Å²) in [7, 11) is 0. The molecule has 0 aromatic carbocycles. The summed E-state index contributed by atoms with van der Waals surface area (Å²) in [4.78, 5) is 0. The van der Waals surface area contributed by atoms with Gasteiger partial charge in [0.1, 0.15) is 0 Å². The van der Waals surface area contributed by atoms with Gasteiger partial charge in [-0.05, 0) is 52.1 Å². The molecule has 5 heteroatoms. The molecule has 0 radical (unpaired) electrons. The van der Waals surface area contributed by atoms with Crippen molar-refractivity contribution in [3.05, 3.63) is 12.2 Å². The van der Waals surface area contributed by atoms with Gasteiger partial charge in [-0.15, -0.1) is 12.4 Å². The molecule has 0 aromatic heterocycles. The molecule has 116 valence electrons. The SMILES string of the molecule is CCNCCCNC/C=C/CNCCCNCC.Cl. The minimum atomic E-state index is 0. The van der Waals surface area contributed by atoms with E-state index in [4.69, 9.17) is 0 Å². The highest BCUT2D eigenvalue weighted by Crippen LogP contribution is 1.76. The molecule has 0 atom stereocenters. The van der Waals surface area contributed by atoms with E-state index in [0.29, 0.717) is 0 Å². The fourth-order valence-corrected chi connectivity index (χ4v) is 1.57. The van der Waals surface area contributed by atoms with Crippen molar-refractivity contribution < 1.29 is 0 Å². The van der Waals surface area contributed by atoms with Crippen LogP contribution in [0.4, 0.5) is 0 Å². The van der Waals surface area contributed by atoms with Crippen LogP contribution in [-0.4, -0.2) is 52.4 Å². The second kappa shape index (κ2) is 20.2. The summed E-state index contributed by atoms with van der Waals surface area (Å²) in [5.74, 6) is 0. The molecule has 0 aliphatic rings. The molecular formula is C14H33ClN4. The Labute approximate surface area is 125 Å². The van der Waals surface area contributed by atoms with Gasteiger partial charge in [0.25, 0.3) is 0 Å². The average Bonchev–Trinajstić information content (AvgIpc) is 2.39. The van der Waals surface area contributed by atoms with Gasteiger partial charge in [-0.2, -0.15) is 0 Å². The third-order valence-corrected chi connectivity index (χ3v) is 2.61. The maximum atomic E-state index is 3.40. The molecule has 4 N–H and O–H groups in total. The highest BCUT2D eigenvalue weighted by molar-refractivity contribution is 5.85. The van der Waals surface area contributed by atoms with Crippen LogP contribution in [0.1, 0.15) is 26.7 Å². The van der Waals surface area contributed by atoms with Crippen LogP contribution in [0.25, 0.3) is 0 Å². The fourth-order valence-electron chi connectivity index (χ4n) is 1.57. The predicted octanol–water partition coefficient (Wildman–Crippen LogP) is 1.14. The molecule has 0 aromatic rings. The zero-order valence-electron chi connectivity index (χ0n) is 12.6. The fraction of sp³-hybridized carbons (Fsp3) is 0.857. The van der Waals surface area contributed by atoms with E-state index >= 15 is 0 Å². The summed E-state index contributed by atoms with van der Waals surface area (Å²) in [5.41, 5.74) is 0. The zero-order valence-corrected chi connectivity index (χ0v) is 13.5. The smallest absolute Gasteiger partial charge is 0.0135 e. The van der Waals surface area contributed by atoms with Gasteiger partial charge in [-0.3, -0.25) is 0 Å². The van der Waals surface area contributed by atoms with Crippen molar-refractivity contribution in [2.75, 3.05) is 52.4 Å². The first-order valence-electron chi connectivity index (χ1n) is 7.39. The maximum Gasteiger partial charge on any atom is 0.0135 e. The van der Waals surface area contributed by atoms with Crippen LogP contribution in [-0.2, 0) is 0 Å². The first-order chi connectivity index (χ1) is 8.91. The topological polar surface area (TPSA) is 48.1 Å². The Morgan fingerprint density at radius 1 is 0.632 bits per heavy atom. The predicted molar refractivity (Wildman–Crippen MR) is 88.4 cm³/mol. The molecule has 0 rings (SSSR count). The van der Waals surface area contributed by atoms with Gasteiger partial charge in [0.2, 0.25) is 0 Å². The summed E-state index contributed by atoms with van der Waals surface area (Å²) in [6.07, 6.45) is 6.80. The van der Waals surface area contributed by atoms with Gasteiger partial charge < -0.3 is 21.3 Å². The van der Waals surface area contributed by atoms with Crippen LogP contribution in [0, 0.1) is 0 Å². The van der Waals surface area contributed by atoms with Gasteiger partial charge in [0, 0.05) is 13.1 Å². The Morgan fingerprint density at radius 2 is 1.00 bits per heavy atom. The molecule has 0 saturated carbocycles. The Hall–Kier alpha value is -0.130. The summed E-state index contributed by atoms with van der Waals surface area (Å²) >= 11 is 0. The van der Waals surface area contributed by atoms with E-state index < -0.39 is 0 Å². The lowest BCUT2D eigenvalue weighted by Crippen LogP contribution is -2.22. The number of hydrogen-bond donors (Lipinski definition) is 4. The molecule has 0 aliphatic carbocycles. The third kappa shape index (κ3) is 20.4. The molecule has 0 spiro atoms. The van der Waals surface area contributed by atoms with Gasteiger partial charge >= 0.3 is 0 Å². The molecule has 0 saturated heterocycles. The number of hydrogen-bond acceptors (Lipinski definition) is 4. The zero-order chi connectivity index (χ0) is 13.3. The molecule has 0 unspecified atom stereocenters.